The second-order valence-electron chi connectivity index (χ2n) is 16.5. The van der Waals surface area contributed by atoms with Crippen LogP contribution in [-0.2, 0) is 27.9 Å². The molecule has 8 heteroatoms. The molecule has 4 aromatic rings. The molecule has 55 heavy (non-hydrogen) atoms. The van der Waals surface area contributed by atoms with Crippen molar-refractivity contribution in [1.29, 1.82) is 0 Å². The lowest BCUT2D eigenvalue weighted by Crippen LogP contribution is -2.69. The van der Waals surface area contributed by atoms with Crippen molar-refractivity contribution in [1.82, 2.24) is 0 Å². The van der Waals surface area contributed by atoms with Crippen molar-refractivity contribution in [2.75, 3.05) is 19.8 Å². The molecule has 0 radical (unpaired) electrons. The Hall–Kier alpha value is -3.64. The summed E-state index contributed by atoms with van der Waals surface area (Å²) in [5.41, 5.74) is 0. The Labute approximate surface area is 332 Å². The molecule has 0 amide bonds. The van der Waals surface area contributed by atoms with E-state index in [1.807, 2.05) is 19.1 Å². The molecular weight excluding hydrogens is 717 g/mol. The Kier molecular flexibility index (Phi) is 15.1. The molecule has 0 saturated carbocycles. The van der Waals surface area contributed by atoms with E-state index >= 15 is 0 Å². The number of carbonyl (C=O) groups excluding carboxylic acids is 1. The first kappa shape index (κ1) is 42.5. The maximum Gasteiger partial charge on any atom is 0.308 e. The van der Waals surface area contributed by atoms with Gasteiger partial charge in [0.1, 0.15) is 0 Å². The van der Waals surface area contributed by atoms with Gasteiger partial charge in [-0.25, -0.2) is 0 Å². The van der Waals surface area contributed by atoms with Gasteiger partial charge >= 0.3 is 5.97 Å². The molecule has 4 aromatic carbocycles. The second-order valence-corrected chi connectivity index (χ2v) is 25.0. The highest BCUT2D eigenvalue weighted by Gasteiger charge is 2.54. The van der Waals surface area contributed by atoms with Crippen LogP contribution in [0.4, 0.5) is 0 Å². The Morgan fingerprint density at radius 1 is 0.709 bits per heavy atom. The lowest BCUT2D eigenvalue weighted by Gasteiger charge is -2.47. The third kappa shape index (κ3) is 10.4. The van der Waals surface area contributed by atoms with Crippen molar-refractivity contribution in [3.05, 3.63) is 133 Å². The third-order valence-corrected chi connectivity index (χ3v) is 20.7. The zero-order chi connectivity index (χ0) is 39.4. The van der Waals surface area contributed by atoms with Crippen LogP contribution >= 0.6 is 0 Å². The Morgan fingerprint density at radius 3 is 1.56 bits per heavy atom. The van der Waals surface area contributed by atoms with E-state index in [2.05, 4.69) is 163 Å². The number of hydrogen-bond donors (Lipinski definition) is 0. The van der Waals surface area contributed by atoms with Gasteiger partial charge < -0.3 is 23.1 Å². The van der Waals surface area contributed by atoms with Crippen LogP contribution in [0.1, 0.15) is 80.6 Å². The van der Waals surface area contributed by atoms with Crippen LogP contribution < -0.4 is 20.7 Å². The summed E-state index contributed by atoms with van der Waals surface area (Å²) in [6.45, 7) is 16.9. The van der Waals surface area contributed by atoms with E-state index < -0.39 is 28.8 Å². The molecule has 6 nitrogen and oxygen atoms in total. The molecular formula is C47H62O6Si2. The van der Waals surface area contributed by atoms with E-state index in [0.717, 1.165) is 36.2 Å². The van der Waals surface area contributed by atoms with Crippen LogP contribution in [-0.4, -0.2) is 60.9 Å². The first-order valence-corrected chi connectivity index (χ1v) is 23.9. The maximum atomic E-state index is 13.6. The van der Waals surface area contributed by atoms with Gasteiger partial charge in [0, 0.05) is 13.0 Å². The Bertz CT molecular complexity index is 1670. The first-order chi connectivity index (χ1) is 26.4. The molecule has 3 atom stereocenters. The quantitative estimate of drug-likeness (QED) is 0.0611. The van der Waals surface area contributed by atoms with Crippen LogP contribution in [0, 0.1) is 0 Å². The van der Waals surface area contributed by atoms with E-state index in [1.165, 1.54) is 10.4 Å². The predicted octanol–water partition coefficient (Wildman–Crippen LogP) is 8.32. The average molecular weight is 779 g/mol. The molecule has 1 saturated heterocycles. The van der Waals surface area contributed by atoms with Crippen LogP contribution in [0.2, 0.25) is 10.1 Å². The minimum absolute atomic E-state index is 0.0964. The van der Waals surface area contributed by atoms with E-state index in [-0.39, 0.29) is 28.8 Å². The Balaban J connectivity index is 1.64. The lowest BCUT2D eigenvalue weighted by atomic mass is 10.1. The monoisotopic (exact) mass is 778 g/mol. The van der Waals surface area contributed by atoms with Crippen LogP contribution in [0.3, 0.4) is 0 Å². The maximum absolute atomic E-state index is 13.6. The van der Waals surface area contributed by atoms with Crippen molar-refractivity contribution in [3.63, 3.8) is 0 Å². The van der Waals surface area contributed by atoms with Crippen LogP contribution in [0.25, 0.3) is 0 Å². The molecule has 1 heterocycles. The van der Waals surface area contributed by atoms with Gasteiger partial charge in [0.2, 0.25) is 0 Å². The number of esters is 1. The highest BCUT2D eigenvalue weighted by atomic mass is 28.4. The van der Waals surface area contributed by atoms with Crippen LogP contribution in [0.5, 0.6) is 0 Å². The van der Waals surface area contributed by atoms with Gasteiger partial charge in [-0.3, -0.25) is 4.79 Å². The first-order valence-electron chi connectivity index (χ1n) is 20.0. The van der Waals surface area contributed by atoms with Crippen LogP contribution in [0.15, 0.2) is 133 Å². The topological polar surface area (TPSA) is 63.2 Å². The highest BCUT2D eigenvalue weighted by molar-refractivity contribution is 7.00. The summed E-state index contributed by atoms with van der Waals surface area (Å²) in [6, 6.07) is 42.6. The molecule has 0 aromatic heterocycles. The standard InChI is InChI=1S/C47H62O6Si2/c1-8-49-44(48)37-39(53-55(47(5,6)7,42-29-17-11-18-30-42)43-31-19-12-20-32-43)36-38(24-23-35-51-45-33-21-22-34-50-45)52-54(46(2,3)4,40-25-13-9-14-26-40)41-27-15-10-16-28-41/h9-20,23-32,38-39,45H,8,21-22,33-37H2,1-7H3/b24-23+. The van der Waals surface area contributed by atoms with E-state index in [1.54, 1.807) is 0 Å². The minimum Gasteiger partial charge on any atom is -0.466 e. The zero-order valence-electron chi connectivity index (χ0n) is 34.0. The summed E-state index contributed by atoms with van der Waals surface area (Å²) >= 11 is 0. The molecule has 1 aliphatic rings. The van der Waals surface area contributed by atoms with Gasteiger partial charge in [0.05, 0.1) is 31.8 Å². The molecule has 1 fully saturated rings. The van der Waals surface area contributed by atoms with Crippen molar-refractivity contribution in [2.24, 2.45) is 0 Å². The fourth-order valence-corrected chi connectivity index (χ4v) is 17.4. The third-order valence-electron chi connectivity index (χ3n) is 10.6. The summed E-state index contributed by atoms with van der Waals surface area (Å²) < 4.78 is 33.2. The van der Waals surface area contributed by atoms with Gasteiger partial charge in [-0.15, -0.1) is 0 Å². The zero-order valence-corrected chi connectivity index (χ0v) is 36.0. The molecule has 1 aliphatic heterocycles. The fraction of sp³-hybridized carbons (Fsp3) is 0.426. The predicted molar refractivity (Wildman–Crippen MR) is 230 cm³/mol. The van der Waals surface area contributed by atoms with Crippen molar-refractivity contribution >= 4 is 43.4 Å². The number of carbonyl (C=O) groups is 1. The number of benzene rings is 4. The van der Waals surface area contributed by atoms with Crippen molar-refractivity contribution in [3.8, 4) is 0 Å². The average Bonchev–Trinajstić information content (AvgIpc) is 3.18. The fourth-order valence-electron chi connectivity index (χ4n) is 8.08. The lowest BCUT2D eigenvalue weighted by molar-refractivity contribution is -0.155. The summed E-state index contributed by atoms with van der Waals surface area (Å²) in [6.07, 6.45) is 6.62. The smallest absolute Gasteiger partial charge is 0.308 e. The van der Waals surface area contributed by atoms with E-state index in [4.69, 9.17) is 23.1 Å². The summed E-state index contributed by atoms with van der Waals surface area (Å²) in [4.78, 5) is 13.6. The van der Waals surface area contributed by atoms with Crippen molar-refractivity contribution in [2.45, 2.75) is 109 Å². The molecule has 0 aliphatic carbocycles. The van der Waals surface area contributed by atoms with Gasteiger partial charge in [-0.2, -0.15) is 0 Å². The van der Waals surface area contributed by atoms with E-state index in [0.29, 0.717) is 19.6 Å². The molecule has 294 valence electrons. The number of rotatable bonds is 17. The summed E-state index contributed by atoms with van der Waals surface area (Å²) in [5.74, 6) is -0.281. The normalized spacial score (nSPS) is 16.8. The second kappa shape index (κ2) is 19.5. The molecule has 5 rings (SSSR count). The largest absolute Gasteiger partial charge is 0.466 e. The van der Waals surface area contributed by atoms with Crippen molar-refractivity contribution < 1.29 is 27.9 Å². The highest BCUT2D eigenvalue weighted by Crippen LogP contribution is 2.41. The van der Waals surface area contributed by atoms with Gasteiger partial charge in [-0.05, 0) is 57.0 Å². The van der Waals surface area contributed by atoms with Gasteiger partial charge in [0.15, 0.2) is 6.29 Å². The summed E-state index contributed by atoms with van der Waals surface area (Å²) in [5, 5.41) is 4.14. The molecule has 0 N–H and O–H groups in total. The molecule has 0 bridgehead atoms. The molecule has 3 unspecified atom stereocenters. The Morgan fingerprint density at radius 2 is 1.16 bits per heavy atom. The van der Waals surface area contributed by atoms with Gasteiger partial charge in [-0.1, -0.05) is 175 Å². The van der Waals surface area contributed by atoms with E-state index in [9.17, 15) is 4.79 Å². The number of ether oxygens (including phenoxy) is 3. The number of hydrogen-bond acceptors (Lipinski definition) is 6. The molecule has 0 spiro atoms. The van der Waals surface area contributed by atoms with Gasteiger partial charge in [0.25, 0.3) is 16.6 Å². The summed E-state index contributed by atoms with van der Waals surface area (Å²) in [7, 11) is -6.10. The SMILES string of the molecule is CCOC(=O)CC(CC(/C=C/COC1CCCCO1)O[Si](c1ccccc1)(c1ccccc1)C(C)(C)C)O[Si](c1ccccc1)(c1ccccc1)C(C)(C)C. The minimum atomic E-state index is -3.07.